The van der Waals surface area contributed by atoms with Crippen LogP contribution >= 0.6 is 0 Å². The lowest BCUT2D eigenvalue weighted by Gasteiger charge is -2.32. The van der Waals surface area contributed by atoms with Gasteiger partial charge in [0.15, 0.2) is 6.10 Å². The Labute approximate surface area is 100 Å². The third-order valence-electron chi connectivity index (χ3n) is 2.80. The molecule has 1 saturated heterocycles. The molecule has 0 aromatic heterocycles. The summed E-state index contributed by atoms with van der Waals surface area (Å²) < 4.78 is 10.4. The van der Waals surface area contributed by atoms with E-state index >= 15 is 0 Å². The lowest BCUT2D eigenvalue weighted by molar-refractivity contribution is -0.163. The molecule has 0 bridgehead atoms. The van der Waals surface area contributed by atoms with Crippen molar-refractivity contribution in [3.05, 3.63) is 0 Å². The normalized spacial score (nSPS) is 21.9. The molecule has 0 spiro atoms. The molecule has 1 rings (SSSR count). The Morgan fingerprint density at radius 1 is 1.47 bits per heavy atom. The first-order valence-corrected chi connectivity index (χ1v) is 5.77. The van der Waals surface area contributed by atoms with Crippen LogP contribution in [0.2, 0.25) is 0 Å². The summed E-state index contributed by atoms with van der Waals surface area (Å²) >= 11 is 0. The lowest BCUT2D eigenvalue weighted by atomic mass is 10.2. The van der Waals surface area contributed by atoms with Gasteiger partial charge < -0.3 is 19.5 Å². The van der Waals surface area contributed by atoms with Crippen LogP contribution in [0.3, 0.4) is 0 Å². The van der Waals surface area contributed by atoms with Crippen molar-refractivity contribution < 1.29 is 24.2 Å². The lowest BCUT2D eigenvalue weighted by Crippen LogP contribution is -2.50. The van der Waals surface area contributed by atoms with Crippen LogP contribution < -0.4 is 0 Å². The van der Waals surface area contributed by atoms with Crippen molar-refractivity contribution in [2.75, 3.05) is 26.4 Å². The minimum Gasteiger partial charge on any atom is -0.480 e. The molecule has 1 N–H and O–H groups in total. The highest BCUT2D eigenvalue weighted by atomic mass is 16.6. The first-order valence-electron chi connectivity index (χ1n) is 5.77. The molecule has 2 atom stereocenters. The summed E-state index contributed by atoms with van der Waals surface area (Å²) in [5.41, 5.74) is 0. The summed E-state index contributed by atoms with van der Waals surface area (Å²) in [7, 11) is 0. The van der Waals surface area contributed by atoms with Crippen LogP contribution in [0.15, 0.2) is 0 Å². The summed E-state index contributed by atoms with van der Waals surface area (Å²) in [6.07, 6.45) is 0.0316. The number of hydrogen-bond acceptors (Lipinski definition) is 4. The monoisotopic (exact) mass is 245 g/mol. The third-order valence-corrected chi connectivity index (χ3v) is 2.80. The maximum absolute atomic E-state index is 12.1. The zero-order valence-electron chi connectivity index (χ0n) is 10.2. The summed E-state index contributed by atoms with van der Waals surface area (Å²) in [5, 5.41) is 8.81. The first-order chi connectivity index (χ1) is 8.06. The summed E-state index contributed by atoms with van der Waals surface area (Å²) in [5.74, 6) is -1.32. The van der Waals surface area contributed by atoms with Crippen LogP contribution in [0.5, 0.6) is 0 Å². The Bertz CT molecular complexity index is 275. The Hall–Kier alpha value is -1.14. The second kappa shape index (κ2) is 6.56. The fourth-order valence-electron chi connectivity index (χ4n) is 1.63. The molecule has 98 valence electrons. The van der Waals surface area contributed by atoms with Gasteiger partial charge in [0.2, 0.25) is 0 Å². The van der Waals surface area contributed by atoms with Crippen LogP contribution in [0, 0.1) is 0 Å². The second-order valence-electron chi connectivity index (χ2n) is 4.05. The van der Waals surface area contributed by atoms with E-state index in [9.17, 15) is 9.59 Å². The molecule has 0 aliphatic carbocycles. The number of carbonyl (C=O) groups excluding carboxylic acids is 1. The SMILES string of the molecule is CC[C@H](C)N(CC(=O)O)C(=O)[C@@H]1COCCO1. The number of rotatable bonds is 5. The molecule has 1 heterocycles. The molecule has 1 aliphatic heterocycles. The second-order valence-corrected chi connectivity index (χ2v) is 4.05. The maximum atomic E-state index is 12.1. The molecular formula is C11H19NO5. The Morgan fingerprint density at radius 2 is 2.18 bits per heavy atom. The average molecular weight is 245 g/mol. The summed E-state index contributed by atoms with van der Waals surface area (Å²) in [6.45, 7) is 4.48. The number of carboxylic acid groups (broad SMARTS) is 1. The zero-order valence-corrected chi connectivity index (χ0v) is 10.2. The highest BCUT2D eigenvalue weighted by Crippen LogP contribution is 2.10. The highest BCUT2D eigenvalue weighted by Gasteiger charge is 2.30. The van der Waals surface area contributed by atoms with Crippen molar-refractivity contribution in [3.63, 3.8) is 0 Å². The molecule has 0 saturated carbocycles. The Balaban J connectivity index is 2.66. The molecule has 1 fully saturated rings. The van der Waals surface area contributed by atoms with Crippen LogP contribution in [0.1, 0.15) is 20.3 Å². The smallest absolute Gasteiger partial charge is 0.323 e. The van der Waals surface area contributed by atoms with Crippen LogP contribution in [0.4, 0.5) is 0 Å². The first kappa shape index (κ1) is 13.9. The van der Waals surface area contributed by atoms with E-state index in [4.69, 9.17) is 14.6 Å². The number of hydrogen-bond donors (Lipinski definition) is 1. The van der Waals surface area contributed by atoms with Gasteiger partial charge >= 0.3 is 5.97 Å². The molecule has 0 aromatic rings. The van der Waals surface area contributed by atoms with Gasteiger partial charge in [-0.1, -0.05) is 6.92 Å². The summed E-state index contributed by atoms with van der Waals surface area (Å²) in [6, 6.07) is -0.121. The molecular weight excluding hydrogens is 226 g/mol. The topological polar surface area (TPSA) is 76.1 Å². The fourth-order valence-corrected chi connectivity index (χ4v) is 1.63. The molecule has 0 aromatic carbocycles. The standard InChI is InChI=1S/C11H19NO5/c1-3-8(2)12(6-10(13)14)11(15)9-7-16-4-5-17-9/h8-9H,3-7H2,1-2H3,(H,13,14)/t8-,9-/m0/s1. The van der Waals surface area contributed by atoms with Crippen molar-refractivity contribution in [1.82, 2.24) is 4.90 Å². The number of ether oxygens (including phenoxy) is 2. The molecule has 1 amide bonds. The van der Waals surface area contributed by atoms with E-state index in [0.29, 0.717) is 19.6 Å². The van der Waals surface area contributed by atoms with Crippen molar-refractivity contribution in [2.24, 2.45) is 0 Å². The maximum Gasteiger partial charge on any atom is 0.323 e. The average Bonchev–Trinajstić information content (AvgIpc) is 2.35. The van der Waals surface area contributed by atoms with E-state index in [1.807, 2.05) is 13.8 Å². The number of amides is 1. The van der Waals surface area contributed by atoms with Crippen molar-refractivity contribution in [1.29, 1.82) is 0 Å². The van der Waals surface area contributed by atoms with Gasteiger partial charge in [-0.05, 0) is 13.3 Å². The van der Waals surface area contributed by atoms with Crippen molar-refractivity contribution in [2.45, 2.75) is 32.4 Å². The molecule has 6 heteroatoms. The van der Waals surface area contributed by atoms with Crippen molar-refractivity contribution in [3.8, 4) is 0 Å². The number of aliphatic carboxylic acids is 1. The largest absolute Gasteiger partial charge is 0.480 e. The number of carboxylic acids is 1. The fraction of sp³-hybridized carbons (Fsp3) is 0.818. The predicted octanol–water partition coefficient (Wildman–Crippen LogP) is 0.114. The van der Waals surface area contributed by atoms with Gasteiger partial charge in [0, 0.05) is 6.04 Å². The molecule has 1 aliphatic rings. The predicted molar refractivity (Wildman–Crippen MR) is 59.7 cm³/mol. The van der Waals surface area contributed by atoms with Gasteiger partial charge in [-0.3, -0.25) is 9.59 Å². The van der Waals surface area contributed by atoms with Crippen LogP contribution in [0.25, 0.3) is 0 Å². The quantitative estimate of drug-likeness (QED) is 0.744. The van der Waals surface area contributed by atoms with Gasteiger partial charge in [0.05, 0.1) is 19.8 Å². The van der Waals surface area contributed by atoms with Gasteiger partial charge in [0.25, 0.3) is 5.91 Å². The minimum atomic E-state index is -1.02. The van der Waals surface area contributed by atoms with Crippen LogP contribution in [-0.4, -0.2) is 60.4 Å². The zero-order chi connectivity index (χ0) is 12.8. The Morgan fingerprint density at radius 3 is 2.65 bits per heavy atom. The number of nitrogens with zero attached hydrogens (tertiary/aromatic N) is 1. The van der Waals surface area contributed by atoms with E-state index in [0.717, 1.165) is 0 Å². The minimum absolute atomic E-state index is 0.121. The van der Waals surface area contributed by atoms with Gasteiger partial charge in [0.1, 0.15) is 6.54 Å². The van der Waals surface area contributed by atoms with Gasteiger partial charge in [-0.2, -0.15) is 0 Å². The van der Waals surface area contributed by atoms with Gasteiger partial charge in [-0.25, -0.2) is 0 Å². The third kappa shape index (κ3) is 3.98. The van der Waals surface area contributed by atoms with E-state index in [1.165, 1.54) is 4.90 Å². The molecule has 17 heavy (non-hydrogen) atoms. The highest BCUT2D eigenvalue weighted by molar-refractivity contribution is 5.85. The van der Waals surface area contributed by atoms with E-state index < -0.39 is 12.1 Å². The molecule has 0 unspecified atom stereocenters. The van der Waals surface area contributed by atoms with Gasteiger partial charge in [-0.15, -0.1) is 0 Å². The van der Waals surface area contributed by atoms with E-state index in [-0.39, 0.29) is 25.1 Å². The molecule has 0 radical (unpaired) electrons. The van der Waals surface area contributed by atoms with E-state index in [2.05, 4.69) is 0 Å². The Kier molecular flexibility index (Phi) is 5.37. The summed E-state index contributed by atoms with van der Waals surface area (Å²) in [4.78, 5) is 24.2. The van der Waals surface area contributed by atoms with E-state index in [1.54, 1.807) is 0 Å². The number of carbonyl (C=O) groups is 2. The van der Waals surface area contributed by atoms with Crippen LogP contribution in [-0.2, 0) is 19.1 Å². The van der Waals surface area contributed by atoms with Crippen molar-refractivity contribution >= 4 is 11.9 Å². The molecule has 6 nitrogen and oxygen atoms in total.